The van der Waals surface area contributed by atoms with Gasteiger partial charge in [-0.05, 0) is 43.7 Å². The summed E-state index contributed by atoms with van der Waals surface area (Å²) in [5.41, 5.74) is 3.07. The molecular formula is C19H24N2O2. The Hall–Kier alpha value is -2.49. The molecule has 2 aromatic carbocycles. The maximum Gasteiger partial charge on any atom is 0.228 e. The monoisotopic (exact) mass is 312 g/mol. The van der Waals surface area contributed by atoms with Crippen LogP contribution in [0.3, 0.4) is 0 Å². The van der Waals surface area contributed by atoms with Gasteiger partial charge in [0.25, 0.3) is 0 Å². The maximum absolute atomic E-state index is 12.5. The molecule has 0 saturated heterocycles. The summed E-state index contributed by atoms with van der Waals surface area (Å²) in [6, 6.07) is 15.7. The van der Waals surface area contributed by atoms with E-state index >= 15 is 0 Å². The molecule has 0 unspecified atom stereocenters. The number of hydrogen-bond donors (Lipinski definition) is 1. The van der Waals surface area contributed by atoms with E-state index in [4.69, 9.17) is 4.74 Å². The van der Waals surface area contributed by atoms with Crippen molar-refractivity contribution < 1.29 is 9.53 Å². The SMILES string of the molecule is CCN(C(=O)CCNc1cccc(OC)c1)c1cccc(C)c1. The Morgan fingerprint density at radius 2 is 1.96 bits per heavy atom. The Bertz CT molecular complexity index is 655. The van der Waals surface area contributed by atoms with Crippen LogP contribution in [-0.2, 0) is 4.79 Å². The second kappa shape index (κ2) is 8.22. The van der Waals surface area contributed by atoms with Crippen molar-refractivity contribution in [1.29, 1.82) is 0 Å². The molecule has 0 atom stereocenters. The zero-order chi connectivity index (χ0) is 16.7. The lowest BCUT2D eigenvalue weighted by molar-refractivity contribution is -0.118. The molecule has 4 heteroatoms. The van der Waals surface area contributed by atoms with Crippen molar-refractivity contribution in [1.82, 2.24) is 0 Å². The predicted molar refractivity (Wildman–Crippen MR) is 95.3 cm³/mol. The summed E-state index contributed by atoms with van der Waals surface area (Å²) in [7, 11) is 1.64. The molecule has 122 valence electrons. The van der Waals surface area contributed by atoms with Gasteiger partial charge in [0, 0.05) is 37.0 Å². The molecule has 1 N–H and O–H groups in total. The third kappa shape index (κ3) is 4.74. The molecule has 0 fully saturated rings. The minimum atomic E-state index is 0.119. The zero-order valence-corrected chi connectivity index (χ0v) is 14.0. The lowest BCUT2D eigenvalue weighted by atomic mass is 10.2. The highest BCUT2D eigenvalue weighted by atomic mass is 16.5. The van der Waals surface area contributed by atoms with Crippen LogP contribution in [0.1, 0.15) is 18.9 Å². The van der Waals surface area contributed by atoms with Crippen LogP contribution in [0.2, 0.25) is 0 Å². The molecule has 2 aromatic rings. The van der Waals surface area contributed by atoms with E-state index in [1.54, 1.807) is 7.11 Å². The van der Waals surface area contributed by atoms with Crippen LogP contribution in [-0.4, -0.2) is 26.1 Å². The summed E-state index contributed by atoms with van der Waals surface area (Å²) < 4.78 is 5.19. The van der Waals surface area contributed by atoms with Crippen molar-refractivity contribution >= 4 is 17.3 Å². The number of nitrogens with zero attached hydrogens (tertiary/aromatic N) is 1. The first-order valence-corrected chi connectivity index (χ1v) is 7.89. The van der Waals surface area contributed by atoms with Gasteiger partial charge < -0.3 is 15.0 Å². The predicted octanol–water partition coefficient (Wildman–Crippen LogP) is 3.86. The van der Waals surface area contributed by atoms with Gasteiger partial charge in [-0.25, -0.2) is 0 Å². The normalized spacial score (nSPS) is 10.2. The summed E-state index contributed by atoms with van der Waals surface area (Å²) in [4.78, 5) is 14.3. The number of carbonyl (C=O) groups excluding carboxylic acids is 1. The molecule has 0 bridgehead atoms. The Kier molecular flexibility index (Phi) is 6.03. The van der Waals surface area contributed by atoms with Gasteiger partial charge in [-0.2, -0.15) is 0 Å². The van der Waals surface area contributed by atoms with E-state index in [9.17, 15) is 4.79 Å². The fraction of sp³-hybridized carbons (Fsp3) is 0.316. The number of amides is 1. The van der Waals surface area contributed by atoms with Gasteiger partial charge in [0.2, 0.25) is 5.91 Å². The van der Waals surface area contributed by atoms with E-state index in [-0.39, 0.29) is 5.91 Å². The molecule has 0 aliphatic heterocycles. The highest BCUT2D eigenvalue weighted by Crippen LogP contribution is 2.18. The average Bonchev–Trinajstić information content (AvgIpc) is 2.56. The molecule has 2 rings (SSSR count). The van der Waals surface area contributed by atoms with Gasteiger partial charge >= 0.3 is 0 Å². The number of anilines is 2. The first-order valence-electron chi connectivity index (χ1n) is 7.89. The highest BCUT2D eigenvalue weighted by Gasteiger charge is 2.13. The molecule has 0 aromatic heterocycles. The van der Waals surface area contributed by atoms with Crippen LogP contribution in [0.15, 0.2) is 48.5 Å². The van der Waals surface area contributed by atoms with Gasteiger partial charge in [0.15, 0.2) is 0 Å². The smallest absolute Gasteiger partial charge is 0.228 e. The molecule has 1 amide bonds. The summed E-state index contributed by atoms with van der Waals surface area (Å²) in [6.45, 7) is 5.29. The van der Waals surface area contributed by atoms with E-state index in [1.807, 2.05) is 67.3 Å². The van der Waals surface area contributed by atoms with Crippen molar-refractivity contribution in [3.63, 3.8) is 0 Å². The van der Waals surface area contributed by atoms with Crippen molar-refractivity contribution in [3.8, 4) is 5.75 Å². The number of benzene rings is 2. The van der Waals surface area contributed by atoms with Gasteiger partial charge in [-0.1, -0.05) is 18.2 Å². The Morgan fingerprint density at radius 3 is 2.65 bits per heavy atom. The number of ether oxygens (including phenoxy) is 1. The molecule has 0 aliphatic carbocycles. The first kappa shape index (κ1) is 16.9. The Labute approximate surface area is 138 Å². The quantitative estimate of drug-likeness (QED) is 0.844. The van der Waals surface area contributed by atoms with Gasteiger partial charge in [0.1, 0.15) is 5.75 Å². The van der Waals surface area contributed by atoms with E-state index in [0.717, 1.165) is 22.7 Å². The Morgan fingerprint density at radius 1 is 1.17 bits per heavy atom. The second-order valence-electron chi connectivity index (χ2n) is 5.39. The topological polar surface area (TPSA) is 41.6 Å². The fourth-order valence-electron chi connectivity index (χ4n) is 2.48. The fourth-order valence-corrected chi connectivity index (χ4v) is 2.48. The molecule has 0 aliphatic rings. The van der Waals surface area contributed by atoms with E-state index in [1.165, 1.54) is 0 Å². The van der Waals surface area contributed by atoms with Crippen LogP contribution < -0.4 is 15.0 Å². The van der Waals surface area contributed by atoms with Gasteiger partial charge in [-0.15, -0.1) is 0 Å². The van der Waals surface area contributed by atoms with Crippen molar-refractivity contribution in [2.45, 2.75) is 20.3 Å². The molecule has 0 saturated carbocycles. The molecule has 0 heterocycles. The van der Waals surface area contributed by atoms with E-state index in [0.29, 0.717) is 19.5 Å². The minimum absolute atomic E-state index is 0.119. The van der Waals surface area contributed by atoms with Gasteiger partial charge in [0.05, 0.1) is 7.11 Å². The second-order valence-corrected chi connectivity index (χ2v) is 5.39. The van der Waals surface area contributed by atoms with Crippen LogP contribution in [0.25, 0.3) is 0 Å². The standard InChI is InChI=1S/C19H24N2O2/c1-4-21(17-9-5-7-15(2)13-17)19(22)11-12-20-16-8-6-10-18(14-16)23-3/h5-10,13-14,20H,4,11-12H2,1-3H3. The number of aryl methyl sites for hydroxylation is 1. The van der Waals surface area contributed by atoms with Crippen molar-refractivity contribution in [2.75, 3.05) is 30.4 Å². The van der Waals surface area contributed by atoms with Crippen LogP contribution in [0.4, 0.5) is 11.4 Å². The zero-order valence-electron chi connectivity index (χ0n) is 14.0. The molecule has 4 nitrogen and oxygen atoms in total. The lowest BCUT2D eigenvalue weighted by Gasteiger charge is -2.21. The number of methoxy groups -OCH3 is 1. The highest BCUT2D eigenvalue weighted by molar-refractivity contribution is 5.93. The molecule has 0 radical (unpaired) electrons. The first-order chi connectivity index (χ1) is 11.1. The van der Waals surface area contributed by atoms with Crippen molar-refractivity contribution in [3.05, 3.63) is 54.1 Å². The summed E-state index contributed by atoms with van der Waals surface area (Å²) in [6.07, 6.45) is 0.443. The van der Waals surface area contributed by atoms with Crippen LogP contribution in [0.5, 0.6) is 5.75 Å². The minimum Gasteiger partial charge on any atom is -0.497 e. The molecule has 23 heavy (non-hydrogen) atoms. The lowest BCUT2D eigenvalue weighted by Crippen LogP contribution is -2.31. The summed E-state index contributed by atoms with van der Waals surface area (Å²) in [5, 5.41) is 3.26. The van der Waals surface area contributed by atoms with Crippen LogP contribution >= 0.6 is 0 Å². The number of nitrogens with one attached hydrogen (secondary N) is 1. The number of carbonyl (C=O) groups is 1. The van der Waals surface area contributed by atoms with Crippen molar-refractivity contribution in [2.24, 2.45) is 0 Å². The molecular weight excluding hydrogens is 288 g/mol. The van der Waals surface area contributed by atoms with E-state index in [2.05, 4.69) is 5.32 Å². The largest absolute Gasteiger partial charge is 0.497 e. The molecule has 0 spiro atoms. The average molecular weight is 312 g/mol. The maximum atomic E-state index is 12.5. The van der Waals surface area contributed by atoms with Crippen LogP contribution in [0, 0.1) is 6.92 Å². The third-order valence-corrected chi connectivity index (χ3v) is 3.67. The Balaban J connectivity index is 1.92. The summed E-state index contributed by atoms with van der Waals surface area (Å²) >= 11 is 0. The number of hydrogen-bond acceptors (Lipinski definition) is 3. The van der Waals surface area contributed by atoms with Gasteiger partial charge in [-0.3, -0.25) is 4.79 Å². The third-order valence-electron chi connectivity index (χ3n) is 3.67. The number of rotatable bonds is 7. The summed E-state index contributed by atoms with van der Waals surface area (Å²) in [5.74, 6) is 0.921. The van der Waals surface area contributed by atoms with E-state index < -0.39 is 0 Å².